The molecule has 6 rings (SSSR count). The number of carbonyl (C=O) groups excluding carboxylic acids is 1. The normalized spacial score (nSPS) is 22.6. The van der Waals surface area contributed by atoms with Gasteiger partial charge in [0.2, 0.25) is 17.7 Å². The predicted octanol–water partition coefficient (Wildman–Crippen LogP) is 2.86. The van der Waals surface area contributed by atoms with Gasteiger partial charge in [0, 0.05) is 57.7 Å². The molecule has 2 aliphatic heterocycles. The molecule has 0 bridgehead atoms. The molecule has 13 nitrogen and oxygen atoms in total. The highest BCUT2D eigenvalue weighted by molar-refractivity contribution is 5.97. The van der Waals surface area contributed by atoms with Crippen molar-refractivity contribution in [1.29, 1.82) is 0 Å². The fourth-order valence-electron chi connectivity index (χ4n) is 6.39. The molecule has 252 valence electrons. The van der Waals surface area contributed by atoms with E-state index in [2.05, 4.69) is 5.32 Å². The molecule has 1 aliphatic carbocycles. The Hall–Kier alpha value is -4.40. The highest BCUT2D eigenvalue weighted by Crippen LogP contribution is 2.43. The number of carbonyl (C=O) groups is 2. The predicted molar refractivity (Wildman–Crippen MR) is 170 cm³/mol. The zero-order chi connectivity index (χ0) is 33.5. The number of nitrogens with one attached hydrogen (secondary N) is 1. The summed E-state index contributed by atoms with van der Waals surface area (Å²) in [5.41, 5.74) is -0.459. The van der Waals surface area contributed by atoms with Gasteiger partial charge >= 0.3 is 5.97 Å². The number of ether oxygens (including phenoxy) is 4. The van der Waals surface area contributed by atoms with Gasteiger partial charge in [-0.05, 0) is 49.9 Å². The highest BCUT2D eigenvalue weighted by Gasteiger charge is 2.39. The van der Waals surface area contributed by atoms with Crippen molar-refractivity contribution in [2.24, 2.45) is 0 Å². The molecule has 3 aliphatic rings. The second-order valence-corrected chi connectivity index (χ2v) is 12.4. The Labute approximate surface area is 270 Å². The number of carboxylic acids is 1. The Balaban J connectivity index is 1.15. The van der Waals surface area contributed by atoms with Crippen molar-refractivity contribution in [3.05, 3.63) is 58.1 Å². The standard InChI is InChI=1S/C33H39FN4O9/c1-19(39)35-12-10-22-15-38(32(45-3)47-22)21-6-9-27(25(34)14-21)46-18-33(43)11-13-36(17-33)26-8-7-23-28(30(26)44-2)37(20-4-5-20)16-24(29(23)40)31(41)42/h6-9,14,16,20,22,32,43H,4-5,10-13,15,17-18H2,1-3H3,(H,35,39)(H,41,42). The van der Waals surface area contributed by atoms with Gasteiger partial charge in [-0.25, -0.2) is 9.18 Å². The van der Waals surface area contributed by atoms with E-state index in [1.54, 1.807) is 23.1 Å². The third kappa shape index (κ3) is 6.58. The van der Waals surface area contributed by atoms with Gasteiger partial charge in [-0.1, -0.05) is 0 Å². The fraction of sp³-hybridized carbons (Fsp3) is 0.485. The summed E-state index contributed by atoms with van der Waals surface area (Å²) in [5, 5.41) is 24.1. The molecule has 3 fully saturated rings. The topological polar surface area (TPSA) is 152 Å². The molecule has 3 N–H and O–H groups in total. The number of pyridine rings is 1. The van der Waals surface area contributed by atoms with Crippen LogP contribution in [0, 0.1) is 5.82 Å². The van der Waals surface area contributed by atoms with Gasteiger partial charge in [-0.3, -0.25) is 9.59 Å². The van der Waals surface area contributed by atoms with Gasteiger partial charge in [-0.2, -0.15) is 0 Å². The van der Waals surface area contributed by atoms with E-state index >= 15 is 4.39 Å². The van der Waals surface area contributed by atoms with Crippen LogP contribution in [0.15, 0.2) is 41.3 Å². The van der Waals surface area contributed by atoms with Crippen molar-refractivity contribution >= 4 is 34.2 Å². The Kier molecular flexibility index (Phi) is 9.01. The molecule has 14 heteroatoms. The number of aromatic nitrogens is 1. The molecule has 0 radical (unpaired) electrons. The van der Waals surface area contributed by atoms with Crippen LogP contribution in [0.1, 0.15) is 49.0 Å². The van der Waals surface area contributed by atoms with Crippen LogP contribution < -0.4 is 30.0 Å². The van der Waals surface area contributed by atoms with E-state index in [9.17, 15) is 24.6 Å². The first kappa shape index (κ1) is 32.5. The Morgan fingerprint density at radius 3 is 2.64 bits per heavy atom. The van der Waals surface area contributed by atoms with Crippen LogP contribution in [-0.4, -0.2) is 91.8 Å². The maximum Gasteiger partial charge on any atom is 0.341 e. The van der Waals surface area contributed by atoms with Gasteiger partial charge in [0.1, 0.15) is 17.8 Å². The number of hydrogen-bond acceptors (Lipinski definition) is 10. The van der Waals surface area contributed by atoms with Gasteiger partial charge in [0.15, 0.2) is 17.3 Å². The zero-order valence-corrected chi connectivity index (χ0v) is 26.5. The lowest BCUT2D eigenvalue weighted by Gasteiger charge is -2.27. The van der Waals surface area contributed by atoms with Crippen molar-refractivity contribution in [3.8, 4) is 11.5 Å². The van der Waals surface area contributed by atoms with Crippen molar-refractivity contribution in [2.45, 2.75) is 56.8 Å². The summed E-state index contributed by atoms with van der Waals surface area (Å²) >= 11 is 0. The average Bonchev–Trinajstić information content (AvgIpc) is 3.69. The Bertz CT molecular complexity index is 1750. The summed E-state index contributed by atoms with van der Waals surface area (Å²) < 4.78 is 40.0. The van der Waals surface area contributed by atoms with Crippen LogP contribution >= 0.6 is 0 Å². The lowest BCUT2D eigenvalue weighted by atomic mass is 10.1. The van der Waals surface area contributed by atoms with Crippen LogP contribution in [0.5, 0.6) is 11.5 Å². The molecule has 1 saturated carbocycles. The number of nitrogens with zero attached hydrogens (tertiary/aromatic N) is 3. The van der Waals surface area contributed by atoms with Gasteiger partial charge in [0.25, 0.3) is 0 Å². The van der Waals surface area contributed by atoms with E-state index in [1.165, 1.54) is 39.5 Å². The summed E-state index contributed by atoms with van der Waals surface area (Å²) in [4.78, 5) is 39.7. The molecule has 3 heterocycles. The van der Waals surface area contributed by atoms with E-state index in [-0.39, 0.29) is 47.9 Å². The molecule has 2 saturated heterocycles. The van der Waals surface area contributed by atoms with E-state index in [0.29, 0.717) is 55.1 Å². The molecule has 1 amide bonds. The Morgan fingerprint density at radius 1 is 1.19 bits per heavy atom. The highest BCUT2D eigenvalue weighted by atomic mass is 19.1. The van der Waals surface area contributed by atoms with Crippen molar-refractivity contribution < 1.29 is 43.1 Å². The number of benzene rings is 2. The summed E-state index contributed by atoms with van der Waals surface area (Å²) in [6, 6.07) is 7.92. The van der Waals surface area contributed by atoms with Crippen LogP contribution in [0.2, 0.25) is 0 Å². The molecule has 2 aromatic carbocycles. The number of anilines is 2. The summed E-state index contributed by atoms with van der Waals surface area (Å²) in [7, 11) is 3.00. The maximum atomic E-state index is 15.3. The fourth-order valence-corrected chi connectivity index (χ4v) is 6.39. The quantitative estimate of drug-likeness (QED) is 0.264. The van der Waals surface area contributed by atoms with Crippen LogP contribution in [0.25, 0.3) is 10.9 Å². The lowest BCUT2D eigenvalue weighted by molar-refractivity contribution is -0.120. The van der Waals surface area contributed by atoms with E-state index in [0.717, 1.165) is 12.8 Å². The second-order valence-electron chi connectivity index (χ2n) is 12.4. The molecule has 47 heavy (non-hydrogen) atoms. The van der Waals surface area contributed by atoms with Gasteiger partial charge in [-0.15, -0.1) is 0 Å². The summed E-state index contributed by atoms with van der Waals surface area (Å²) in [6.07, 6.45) is 3.11. The number of aromatic carboxylic acids is 1. The van der Waals surface area contributed by atoms with Crippen molar-refractivity contribution in [2.75, 3.05) is 56.8 Å². The number of methoxy groups -OCH3 is 2. The van der Waals surface area contributed by atoms with Gasteiger partial charge < -0.3 is 48.8 Å². The first-order valence-electron chi connectivity index (χ1n) is 15.6. The average molecular weight is 655 g/mol. The smallest absolute Gasteiger partial charge is 0.341 e. The van der Waals surface area contributed by atoms with Crippen LogP contribution in [-0.2, 0) is 14.3 Å². The molecule has 3 aromatic rings. The molecule has 3 atom stereocenters. The monoisotopic (exact) mass is 654 g/mol. The molecular formula is C33H39FN4O9. The lowest BCUT2D eigenvalue weighted by Crippen LogP contribution is -2.39. The maximum absolute atomic E-state index is 15.3. The van der Waals surface area contributed by atoms with Crippen molar-refractivity contribution in [3.63, 3.8) is 0 Å². The molecule has 0 spiro atoms. The minimum absolute atomic E-state index is 0.0112. The minimum atomic E-state index is -1.31. The van der Waals surface area contributed by atoms with Crippen molar-refractivity contribution in [1.82, 2.24) is 9.88 Å². The van der Waals surface area contributed by atoms with E-state index in [4.69, 9.17) is 18.9 Å². The van der Waals surface area contributed by atoms with E-state index < -0.39 is 29.2 Å². The summed E-state index contributed by atoms with van der Waals surface area (Å²) in [5.74, 6) is -1.59. The number of β-amino-alcohol motifs (C(OH)–C–C–N with tert-alkyl or cyclic N) is 1. The third-order valence-corrected chi connectivity index (χ3v) is 8.92. The number of amides is 1. The number of halogens is 1. The van der Waals surface area contributed by atoms with E-state index in [1.807, 2.05) is 9.47 Å². The molecular weight excluding hydrogens is 615 g/mol. The number of carboxylic acid groups (broad SMARTS) is 1. The minimum Gasteiger partial charge on any atom is -0.492 e. The first-order chi connectivity index (χ1) is 22.5. The third-order valence-electron chi connectivity index (χ3n) is 8.92. The molecule has 1 aromatic heterocycles. The van der Waals surface area contributed by atoms with Gasteiger partial charge in [0.05, 0.1) is 36.3 Å². The number of rotatable bonds is 12. The zero-order valence-electron chi connectivity index (χ0n) is 26.5. The van der Waals surface area contributed by atoms with Crippen LogP contribution in [0.3, 0.4) is 0 Å². The van der Waals surface area contributed by atoms with Crippen LogP contribution in [0.4, 0.5) is 15.8 Å². The SMILES string of the molecule is COc1c(N2CCC(O)(COc3ccc(N4CC(CCNC(C)=O)OC4OC)cc3F)C2)ccc2c(=O)c(C(=O)O)cn(C3CC3)c12. The second kappa shape index (κ2) is 13.0. The first-order valence-corrected chi connectivity index (χ1v) is 15.6. The number of aliphatic hydroxyl groups is 1. The Morgan fingerprint density at radius 2 is 1.98 bits per heavy atom. The summed E-state index contributed by atoms with van der Waals surface area (Å²) in [6.45, 7) is 2.79. The number of fused-ring (bicyclic) bond motifs is 1. The number of hydrogen-bond donors (Lipinski definition) is 3. The molecule has 3 unspecified atom stereocenters. The largest absolute Gasteiger partial charge is 0.492 e.